The Morgan fingerprint density at radius 3 is 1.01 bits per heavy atom. The third-order valence-electron chi connectivity index (χ3n) is 15.6. The van der Waals surface area contributed by atoms with Crippen molar-refractivity contribution in [3.8, 4) is 63.0 Å². The molecule has 5 aromatic heterocycles. The number of nitrogens with zero attached hydrogens (tertiary/aromatic N) is 8. The van der Waals surface area contributed by atoms with Gasteiger partial charge in [0.2, 0.25) is 0 Å². The van der Waals surface area contributed by atoms with Crippen LogP contribution in [0, 0.1) is 11.3 Å². The van der Waals surface area contributed by atoms with E-state index in [-0.39, 0.29) is 0 Å². The minimum Gasteiger partial charge on any atom is -0.309 e. The molecule has 0 amide bonds. The number of fused-ring (bicyclic) bond motifs is 14. The van der Waals surface area contributed by atoms with Crippen molar-refractivity contribution in [2.24, 2.45) is 0 Å². The number of hydrogen-bond acceptors (Lipinski definition) is 4. The molecular weight excluding hydrogens is 953 g/mol. The highest BCUT2D eigenvalue weighted by molar-refractivity contribution is 6.28. The van der Waals surface area contributed by atoms with Crippen molar-refractivity contribution in [2.75, 3.05) is 0 Å². The van der Waals surface area contributed by atoms with Gasteiger partial charge in [-0.1, -0.05) is 182 Å². The third-order valence-corrected chi connectivity index (χ3v) is 15.6. The van der Waals surface area contributed by atoms with Crippen molar-refractivity contribution >= 4 is 87.2 Å². The Kier molecular flexibility index (Phi) is 9.53. The molecule has 0 saturated heterocycles. The monoisotopic (exact) mass is 994 g/mol. The lowest BCUT2D eigenvalue weighted by Gasteiger charge is -2.18. The standard InChI is InChI=1S/C70H42N8/c71-43-55-62(77-58-35-19-15-31-53(58)64-60(77)39-37-51-49-29-13-17-33-56(49)75(66(51)64)47-25-9-3-10-26-47)41-46(70-73-68(44-21-5-1-6-22-44)72-69(74-70)45-23-7-2-8-24-45)42-63(55)78-59-36-20-16-32-54(59)65-61(78)40-38-52-50-30-14-18-34-57(50)76(67(52)65)48-27-11-4-12-28-48/h1-42H. The molecule has 11 aromatic carbocycles. The molecule has 0 aliphatic rings. The first-order valence-electron chi connectivity index (χ1n) is 26.2. The second-order valence-corrected chi connectivity index (χ2v) is 19.8. The predicted octanol–water partition coefficient (Wildman–Crippen LogP) is 17.1. The maximum atomic E-state index is 12.1. The predicted molar refractivity (Wildman–Crippen MR) is 318 cm³/mol. The van der Waals surface area contributed by atoms with Gasteiger partial charge in [-0.3, -0.25) is 0 Å². The van der Waals surface area contributed by atoms with E-state index in [0.717, 1.165) is 105 Å². The fourth-order valence-corrected chi connectivity index (χ4v) is 12.4. The van der Waals surface area contributed by atoms with Crippen LogP contribution in [0.25, 0.3) is 144 Å². The van der Waals surface area contributed by atoms with Gasteiger partial charge in [0.1, 0.15) is 11.6 Å². The van der Waals surface area contributed by atoms with Gasteiger partial charge in [0, 0.05) is 71.2 Å². The first kappa shape index (κ1) is 43.5. The van der Waals surface area contributed by atoms with Crippen molar-refractivity contribution < 1.29 is 0 Å². The molecule has 8 nitrogen and oxygen atoms in total. The van der Waals surface area contributed by atoms with Gasteiger partial charge < -0.3 is 18.3 Å². The molecule has 78 heavy (non-hydrogen) atoms. The minimum absolute atomic E-state index is 0.481. The Bertz CT molecular complexity index is 4830. The number of aromatic nitrogens is 7. The highest BCUT2D eigenvalue weighted by Gasteiger charge is 2.28. The summed E-state index contributed by atoms with van der Waals surface area (Å²) in [4.78, 5) is 15.8. The molecule has 0 radical (unpaired) electrons. The molecule has 0 aliphatic heterocycles. The molecule has 16 aromatic rings. The Morgan fingerprint density at radius 2 is 0.615 bits per heavy atom. The fraction of sp³-hybridized carbons (Fsp3) is 0. The van der Waals surface area contributed by atoms with Crippen LogP contribution >= 0.6 is 0 Å². The average Bonchev–Trinajstić information content (AvgIpc) is 4.40. The van der Waals surface area contributed by atoms with Crippen LogP contribution in [0.1, 0.15) is 5.56 Å². The van der Waals surface area contributed by atoms with E-state index in [0.29, 0.717) is 34.4 Å². The first-order valence-corrected chi connectivity index (χ1v) is 26.2. The van der Waals surface area contributed by atoms with E-state index in [2.05, 4.69) is 218 Å². The zero-order valence-corrected chi connectivity index (χ0v) is 41.8. The highest BCUT2D eigenvalue weighted by atomic mass is 15.1. The number of nitriles is 1. The van der Waals surface area contributed by atoms with Gasteiger partial charge in [0.05, 0.1) is 55.5 Å². The van der Waals surface area contributed by atoms with E-state index in [4.69, 9.17) is 15.0 Å². The van der Waals surface area contributed by atoms with E-state index < -0.39 is 0 Å². The van der Waals surface area contributed by atoms with Crippen LogP contribution in [0.4, 0.5) is 0 Å². The Balaban J connectivity index is 1.07. The Hall–Kier alpha value is -10.9. The van der Waals surface area contributed by atoms with E-state index in [1.165, 1.54) is 10.8 Å². The molecule has 0 fully saturated rings. The van der Waals surface area contributed by atoms with Crippen LogP contribution in [0.2, 0.25) is 0 Å². The molecule has 0 aliphatic carbocycles. The average molecular weight is 995 g/mol. The smallest absolute Gasteiger partial charge is 0.164 e. The van der Waals surface area contributed by atoms with Crippen LogP contribution in [0.15, 0.2) is 255 Å². The SMILES string of the molecule is N#Cc1c(-n2c3ccccc3c3c2ccc2c4ccccc4n(-c4ccccc4)c23)cc(-c2nc(-c3ccccc3)nc(-c3ccccc3)n2)cc1-n1c2ccccc2c2c1ccc1c3ccccc3n(-c3ccccc3)c12. The summed E-state index contributed by atoms with van der Waals surface area (Å²) < 4.78 is 9.37. The van der Waals surface area contributed by atoms with E-state index in [1.807, 2.05) is 60.7 Å². The van der Waals surface area contributed by atoms with Gasteiger partial charge in [0.25, 0.3) is 0 Å². The topological polar surface area (TPSA) is 82.2 Å². The van der Waals surface area contributed by atoms with Crippen LogP contribution < -0.4 is 0 Å². The summed E-state index contributed by atoms with van der Waals surface area (Å²) in [5.74, 6) is 1.58. The molecule has 0 saturated carbocycles. The second-order valence-electron chi connectivity index (χ2n) is 19.8. The summed E-state index contributed by atoms with van der Waals surface area (Å²) in [5, 5.41) is 21.1. The summed E-state index contributed by atoms with van der Waals surface area (Å²) >= 11 is 0. The van der Waals surface area contributed by atoms with E-state index in [1.54, 1.807) is 0 Å². The lowest BCUT2D eigenvalue weighted by atomic mass is 10.0. The van der Waals surface area contributed by atoms with Gasteiger partial charge in [-0.15, -0.1) is 0 Å². The van der Waals surface area contributed by atoms with Crippen molar-refractivity contribution in [1.82, 2.24) is 33.2 Å². The summed E-state index contributed by atoms with van der Waals surface area (Å²) in [5.41, 5.74) is 14.8. The molecule has 0 unspecified atom stereocenters. The van der Waals surface area contributed by atoms with Gasteiger partial charge in [-0.25, -0.2) is 15.0 Å². The summed E-state index contributed by atoms with van der Waals surface area (Å²) in [6.07, 6.45) is 0. The van der Waals surface area contributed by atoms with Gasteiger partial charge in [-0.2, -0.15) is 5.26 Å². The van der Waals surface area contributed by atoms with E-state index in [9.17, 15) is 5.26 Å². The Morgan fingerprint density at radius 1 is 0.282 bits per heavy atom. The van der Waals surface area contributed by atoms with E-state index >= 15 is 0 Å². The molecule has 16 rings (SSSR count). The van der Waals surface area contributed by atoms with Gasteiger partial charge >= 0.3 is 0 Å². The van der Waals surface area contributed by atoms with Crippen LogP contribution in [-0.4, -0.2) is 33.2 Å². The van der Waals surface area contributed by atoms with Crippen LogP contribution in [0.3, 0.4) is 0 Å². The highest BCUT2D eigenvalue weighted by Crippen LogP contribution is 2.46. The summed E-state index contributed by atoms with van der Waals surface area (Å²) in [6.45, 7) is 0. The number of benzene rings is 11. The summed E-state index contributed by atoms with van der Waals surface area (Å²) in [7, 11) is 0. The van der Waals surface area contributed by atoms with Crippen LogP contribution in [-0.2, 0) is 0 Å². The quantitative estimate of drug-likeness (QED) is 0.159. The second kappa shape index (κ2) is 17.1. The van der Waals surface area contributed by atoms with Crippen molar-refractivity contribution in [2.45, 2.75) is 0 Å². The number of hydrogen-bond donors (Lipinski definition) is 0. The molecular formula is C70H42N8. The molecule has 0 spiro atoms. The third kappa shape index (κ3) is 6.36. The zero-order chi connectivity index (χ0) is 51.4. The Labute approximate surface area is 446 Å². The first-order chi connectivity index (χ1) is 38.7. The van der Waals surface area contributed by atoms with Crippen LogP contribution in [0.5, 0.6) is 0 Å². The molecule has 0 bridgehead atoms. The molecule has 8 heteroatoms. The molecule has 5 heterocycles. The maximum absolute atomic E-state index is 12.1. The lowest BCUT2D eigenvalue weighted by molar-refractivity contribution is 1.06. The summed E-state index contributed by atoms with van der Waals surface area (Å²) in [6, 6.07) is 91.9. The van der Waals surface area contributed by atoms with Crippen molar-refractivity contribution in [3.63, 3.8) is 0 Å². The molecule has 362 valence electrons. The largest absolute Gasteiger partial charge is 0.309 e. The zero-order valence-electron chi connectivity index (χ0n) is 41.8. The number of para-hydroxylation sites is 6. The minimum atomic E-state index is 0.481. The maximum Gasteiger partial charge on any atom is 0.164 e. The number of rotatable bonds is 7. The molecule has 0 N–H and O–H groups in total. The van der Waals surface area contributed by atoms with Crippen molar-refractivity contribution in [3.05, 3.63) is 260 Å². The molecule has 0 atom stereocenters. The van der Waals surface area contributed by atoms with Crippen molar-refractivity contribution in [1.29, 1.82) is 5.26 Å². The van der Waals surface area contributed by atoms with Gasteiger partial charge in [-0.05, 0) is 72.8 Å². The lowest BCUT2D eigenvalue weighted by Crippen LogP contribution is -2.07. The fourth-order valence-electron chi connectivity index (χ4n) is 12.4. The van der Waals surface area contributed by atoms with Gasteiger partial charge in [0.15, 0.2) is 17.5 Å². The normalized spacial score (nSPS) is 11.8.